The largest absolute Gasteiger partial charge is 0.445 e. The maximum absolute atomic E-state index is 12.2. The molecule has 2 aliphatic rings. The van der Waals surface area contributed by atoms with Crippen molar-refractivity contribution in [3.05, 3.63) is 47.5 Å². The molecule has 0 aliphatic carbocycles. The molecule has 2 aliphatic heterocycles. The fraction of sp³-hybridized carbons (Fsp3) is 0.591. The van der Waals surface area contributed by atoms with E-state index in [1.807, 2.05) is 12.1 Å². The van der Waals surface area contributed by atoms with E-state index in [2.05, 4.69) is 30.5 Å². The van der Waals surface area contributed by atoms with Gasteiger partial charge in [0.25, 0.3) is 0 Å². The van der Waals surface area contributed by atoms with Crippen molar-refractivity contribution in [1.82, 2.24) is 9.80 Å². The molecule has 0 saturated carbocycles. The number of nitrogens with zero attached hydrogens (tertiary/aromatic N) is 2. The Morgan fingerprint density at radius 2 is 2.10 bits per heavy atom. The molecule has 1 aromatic carbocycles. The number of morpholine rings is 1. The Balaban J connectivity index is 1.69. The summed E-state index contributed by atoms with van der Waals surface area (Å²) < 4.78 is 17.0. The summed E-state index contributed by atoms with van der Waals surface area (Å²) in [6, 6.07) is 8.49. The van der Waals surface area contributed by atoms with E-state index < -0.39 is 0 Å². The number of likely N-dealkylation sites (tertiary alicyclic amines) is 1. The molecule has 2 heterocycles. The third-order valence-corrected chi connectivity index (χ3v) is 5.98. The van der Waals surface area contributed by atoms with Crippen LogP contribution in [0.5, 0.6) is 0 Å². The van der Waals surface area contributed by atoms with Crippen LogP contribution in [0.4, 0.5) is 4.79 Å². The first-order valence-electron chi connectivity index (χ1n) is 10.2. The number of rotatable bonds is 6. The van der Waals surface area contributed by atoms with Crippen molar-refractivity contribution in [2.75, 3.05) is 40.0 Å². The molecule has 0 spiro atoms. The second-order valence-corrected chi connectivity index (χ2v) is 8.20. The SMILES string of the molecule is C=CCOC(=O)N1CC[C@H](N2C[C@H](C)OC[C@@H]2Cc2ccc(Cl)cc2)[C@@H](OC)C1. The van der Waals surface area contributed by atoms with Gasteiger partial charge in [0.1, 0.15) is 6.61 Å². The molecule has 1 amide bonds. The summed E-state index contributed by atoms with van der Waals surface area (Å²) in [6.45, 7) is 8.63. The van der Waals surface area contributed by atoms with E-state index >= 15 is 0 Å². The van der Waals surface area contributed by atoms with Crippen molar-refractivity contribution < 1.29 is 19.0 Å². The fourth-order valence-corrected chi connectivity index (χ4v) is 4.37. The third-order valence-electron chi connectivity index (χ3n) is 5.73. The smallest absolute Gasteiger partial charge is 0.410 e. The van der Waals surface area contributed by atoms with E-state index in [0.717, 1.165) is 24.4 Å². The van der Waals surface area contributed by atoms with Crippen LogP contribution in [0, 0.1) is 0 Å². The quantitative estimate of drug-likeness (QED) is 0.658. The van der Waals surface area contributed by atoms with Crippen LogP contribution in [0.2, 0.25) is 5.02 Å². The zero-order valence-corrected chi connectivity index (χ0v) is 18.0. The Morgan fingerprint density at radius 3 is 2.79 bits per heavy atom. The predicted octanol–water partition coefficient (Wildman–Crippen LogP) is 3.38. The Labute approximate surface area is 178 Å². The van der Waals surface area contributed by atoms with Gasteiger partial charge in [0.15, 0.2) is 0 Å². The molecule has 160 valence electrons. The molecule has 2 saturated heterocycles. The monoisotopic (exact) mass is 422 g/mol. The van der Waals surface area contributed by atoms with E-state index in [1.165, 1.54) is 5.56 Å². The Kier molecular flexibility index (Phi) is 7.95. The molecule has 0 aromatic heterocycles. The highest BCUT2D eigenvalue weighted by molar-refractivity contribution is 6.30. The molecule has 4 atom stereocenters. The van der Waals surface area contributed by atoms with Gasteiger partial charge in [0, 0.05) is 37.3 Å². The lowest BCUT2D eigenvalue weighted by molar-refractivity contribution is -0.112. The second kappa shape index (κ2) is 10.4. The zero-order valence-electron chi connectivity index (χ0n) is 17.3. The minimum absolute atomic E-state index is 0.0713. The predicted molar refractivity (Wildman–Crippen MR) is 113 cm³/mol. The van der Waals surface area contributed by atoms with Gasteiger partial charge in [-0.25, -0.2) is 4.79 Å². The highest BCUT2D eigenvalue weighted by atomic mass is 35.5. The normalized spacial score (nSPS) is 28.2. The number of carbonyl (C=O) groups is 1. The first kappa shape index (κ1) is 22.1. The molecule has 0 bridgehead atoms. The number of hydrogen-bond donors (Lipinski definition) is 0. The number of ether oxygens (including phenoxy) is 3. The summed E-state index contributed by atoms with van der Waals surface area (Å²) in [5.41, 5.74) is 1.24. The number of carbonyl (C=O) groups excluding carboxylic acids is 1. The number of piperidine rings is 1. The zero-order chi connectivity index (χ0) is 20.8. The van der Waals surface area contributed by atoms with Gasteiger partial charge in [0.2, 0.25) is 0 Å². The van der Waals surface area contributed by atoms with Crippen molar-refractivity contribution in [3.63, 3.8) is 0 Å². The number of benzene rings is 1. The molecule has 6 nitrogen and oxygen atoms in total. The average Bonchev–Trinajstić information content (AvgIpc) is 2.74. The van der Waals surface area contributed by atoms with Gasteiger partial charge >= 0.3 is 6.09 Å². The van der Waals surface area contributed by atoms with Gasteiger partial charge in [0.05, 0.1) is 25.4 Å². The lowest BCUT2D eigenvalue weighted by atomic mass is 9.94. The van der Waals surface area contributed by atoms with Crippen LogP contribution in [-0.4, -0.2) is 80.1 Å². The summed E-state index contributed by atoms with van der Waals surface area (Å²) in [4.78, 5) is 16.5. The minimum atomic E-state index is -0.307. The molecule has 2 fully saturated rings. The van der Waals surface area contributed by atoms with Crippen LogP contribution in [0.25, 0.3) is 0 Å². The molecule has 1 aromatic rings. The summed E-state index contributed by atoms with van der Waals surface area (Å²) in [5, 5.41) is 0.745. The topological polar surface area (TPSA) is 51.2 Å². The molecule has 0 N–H and O–H groups in total. The van der Waals surface area contributed by atoms with E-state index in [4.69, 9.17) is 25.8 Å². The second-order valence-electron chi connectivity index (χ2n) is 7.77. The standard InChI is InChI=1S/C22H31ClN2O4/c1-4-11-28-22(26)24-10-9-20(21(14-24)27-3)25-13-16(2)29-15-19(25)12-17-5-7-18(23)8-6-17/h4-8,16,19-21H,1,9-15H2,2-3H3/t16-,19-,20-,21-/m0/s1. The molecule has 7 heteroatoms. The molecular weight excluding hydrogens is 392 g/mol. The number of amides is 1. The first-order valence-corrected chi connectivity index (χ1v) is 10.6. The van der Waals surface area contributed by atoms with Crippen LogP contribution in [0.3, 0.4) is 0 Å². The number of halogens is 1. The molecule has 0 unspecified atom stereocenters. The van der Waals surface area contributed by atoms with Gasteiger partial charge in [-0.1, -0.05) is 36.4 Å². The van der Waals surface area contributed by atoms with E-state index in [1.54, 1.807) is 18.1 Å². The van der Waals surface area contributed by atoms with E-state index in [9.17, 15) is 4.79 Å². The average molecular weight is 423 g/mol. The van der Waals surface area contributed by atoms with Crippen LogP contribution in [0.1, 0.15) is 18.9 Å². The fourth-order valence-electron chi connectivity index (χ4n) is 4.25. The van der Waals surface area contributed by atoms with Gasteiger partial charge in [-0.05, 0) is 37.5 Å². The lowest BCUT2D eigenvalue weighted by Gasteiger charge is -2.48. The summed E-state index contributed by atoms with van der Waals surface area (Å²) in [7, 11) is 1.72. The van der Waals surface area contributed by atoms with Crippen molar-refractivity contribution >= 4 is 17.7 Å². The van der Waals surface area contributed by atoms with Crippen LogP contribution in [-0.2, 0) is 20.6 Å². The summed E-state index contributed by atoms with van der Waals surface area (Å²) in [5.74, 6) is 0. The van der Waals surface area contributed by atoms with Gasteiger partial charge in [-0.3, -0.25) is 4.90 Å². The molecule has 29 heavy (non-hydrogen) atoms. The maximum atomic E-state index is 12.2. The highest BCUT2D eigenvalue weighted by Crippen LogP contribution is 2.27. The molecule has 3 rings (SSSR count). The van der Waals surface area contributed by atoms with Gasteiger partial charge in [-0.15, -0.1) is 0 Å². The van der Waals surface area contributed by atoms with Crippen LogP contribution in [0.15, 0.2) is 36.9 Å². The maximum Gasteiger partial charge on any atom is 0.410 e. The molecule has 0 radical (unpaired) electrons. The lowest BCUT2D eigenvalue weighted by Crippen LogP contribution is -2.62. The van der Waals surface area contributed by atoms with Gasteiger partial charge in [-0.2, -0.15) is 0 Å². The Morgan fingerprint density at radius 1 is 1.34 bits per heavy atom. The van der Waals surface area contributed by atoms with Crippen molar-refractivity contribution in [2.45, 2.75) is 44.1 Å². The first-order chi connectivity index (χ1) is 14.0. The van der Waals surface area contributed by atoms with Crippen molar-refractivity contribution in [1.29, 1.82) is 0 Å². The van der Waals surface area contributed by atoms with E-state index in [-0.39, 0.29) is 37.0 Å². The van der Waals surface area contributed by atoms with Crippen molar-refractivity contribution in [2.24, 2.45) is 0 Å². The Bertz CT molecular complexity index is 684. The summed E-state index contributed by atoms with van der Waals surface area (Å²) in [6.07, 6.45) is 3.10. The Hall–Kier alpha value is -1.60. The van der Waals surface area contributed by atoms with Crippen LogP contribution < -0.4 is 0 Å². The van der Waals surface area contributed by atoms with E-state index in [0.29, 0.717) is 19.7 Å². The number of methoxy groups -OCH3 is 1. The number of hydrogen-bond acceptors (Lipinski definition) is 5. The van der Waals surface area contributed by atoms with Crippen molar-refractivity contribution in [3.8, 4) is 0 Å². The minimum Gasteiger partial charge on any atom is -0.445 e. The van der Waals surface area contributed by atoms with Crippen LogP contribution >= 0.6 is 11.6 Å². The summed E-state index contributed by atoms with van der Waals surface area (Å²) >= 11 is 6.03. The molecular formula is C22H31ClN2O4. The highest BCUT2D eigenvalue weighted by Gasteiger charge is 2.40. The third kappa shape index (κ3) is 5.72. The van der Waals surface area contributed by atoms with Gasteiger partial charge < -0.3 is 19.1 Å².